The molecule has 5 rings (SSSR count). The summed E-state index contributed by atoms with van der Waals surface area (Å²) in [6, 6.07) is 16.1. The molecule has 0 spiro atoms. The van der Waals surface area contributed by atoms with Crippen LogP contribution in [-0.2, 0) is 14.4 Å². The van der Waals surface area contributed by atoms with Crippen LogP contribution in [0, 0.1) is 11.8 Å². The standard InChI is InChI=1S/C30H36N4O6/c35-27(19-32-28(36)22-6-2-1-3-7-22)31-18-21-10-12-23(13-11-21)29(37)33-14-16-34(17-15-33)30(38)26-20-39-24-8-4-5-9-25(24)40-26/h1-9,21,23,26H,10-20H2,(H,31,35)(H,32,36)/t21?,23?,26-/m1/s1. The van der Waals surface area contributed by atoms with E-state index in [0.717, 1.165) is 25.7 Å². The molecular formula is C30H36N4O6. The number of hydrogen-bond acceptors (Lipinski definition) is 6. The molecule has 1 aliphatic carbocycles. The molecule has 2 aromatic carbocycles. The molecular weight excluding hydrogens is 512 g/mol. The van der Waals surface area contributed by atoms with Gasteiger partial charge in [0.1, 0.15) is 6.61 Å². The Morgan fingerprint density at radius 2 is 1.38 bits per heavy atom. The number of nitrogens with one attached hydrogen (secondary N) is 2. The van der Waals surface area contributed by atoms with Gasteiger partial charge in [-0.15, -0.1) is 0 Å². The number of fused-ring (bicyclic) bond motifs is 1. The Balaban J connectivity index is 0.983. The molecule has 1 saturated carbocycles. The van der Waals surface area contributed by atoms with Gasteiger partial charge >= 0.3 is 0 Å². The lowest BCUT2D eigenvalue weighted by Crippen LogP contribution is -2.56. The van der Waals surface area contributed by atoms with E-state index in [9.17, 15) is 19.2 Å². The molecule has 0 radical (unpaired) electrons. The molecule has 2 fully saturated rings. The van der Waals surface area contributed by atoms with E-state index in [1.165, 1.54) is 0 Å². The monoisotopic (exact) mass is 548 g/mol. The highest BCUT2D eigenvalue weighted by atomic mass is 16.6. The highest BCUT2D eigenvalue weighted by Gasteiger charge is 2.35. The van der Waals surface area contributed by atoms with Gasteiger partial charge in [0.05, 0.1) is 6.54 Å². The van der Waals surface area contributed by atoms with Crippen LogP contribution in [0.15, 0.2) is 54.6 Å². The molecule has 3 aliphatic rings. The second-order valence-corrected chi connectivity index (χ2v) is 10.6. The summed E-state index contributed by atoms with van der Waals surface area (Å²) in [6.07, 6.45) is 2.64. The normalized spacial score (nSPS) is 22.2. The lowest BCUT2D eigenvalue weighted by molar-refractivity contribution is -0.148. The minimum Gasteiger partial charge on any atom is -0.485 e. The van der Waals surface area contributed by atoms with Crippen LogP contribution in [0.25, 0.3) is 0 Å². The summed E-state index contributed by atoms with van der Waals surface area (Å²) in [5, 5.41) is 5.55. The van der Waals surface area contributed by atoms with E-state index in [1.807, 2.05) is 29.2 Å². The molecule has 10 nitrogen and oxygen atoms in total. The summed E-state index contributed by atoms with van der Waals surface area (Å²) in [5.74, 6) is 1.07. The van der Waals surface area contributed by atoms with Gasteiger partial charge in [-0.2, -0.15) is 0 Å². The van der Waals surface area contributed by atoms with Crippen LogP contribution in [0.1, 0.15) is 36.0 Å². The number of hydrogen-bond donors (Lipinski definition) is 2. The molecule has 40 heavy (non-hydrogen) atoms. The largest absolute Gasteiger partial charge is 0.485 e. The zero-order valence-electron chi connectivity index (χ0n) is 22.6. The van der Waals surface area contributed by atoms with Gasteiger partial charge in [-0.05, 0) is 55.9 Å². The third kappa shape index (κ3) is 6.73. The van der Waals surface area contributed by atoms with Crippen LogP contribution >= 0.6 is 0 Å². The predicted molar refractivity (Wildman–Crippen MR) is 147 cm³/mol. The van der Waals surface area contributed by atoms with Gasteiger partial charge < -0.3 is 29.9 Å². The highest BCUT2D eigenvalue weighted by molar-refractivity contribution is 5.96. The van der Waals surface area contributed by atoms with Gasteiger partial charge in [-0.3, -0.25) is 19.2 Å². The molecule has 212 valence electrons. The molecule has 10 heteroatoms. The first-order valence-corrected chi connectivity index (χ1v) is 14.0. The Morgan fingerprint density at radius 1 is 0.750 bits per heavy atom. The number of nitrogens with zero attached hydrogens (tertiary/aromatic N) is 2. The van der Waals surface area contributed by atoms with E-state index in [1.54, 1.807) is 35.2 Å². The van der Waals surface area contributed by atoms with Crippen LogP contribution in [-0.4, -0.2) is 85.4 Å². The van der Waals surface area contributed by atoms with Crippen molar-refractivity contribution in [2.75, 3.05) is 45.9 Å². The Bertz CT molecular complexity index is 1210. The number of carbonyl (C=O) groups excluding carboxylic acids is 4. The second-order valence-electron chi connectivity index (χ2n) is 10.6. The zero-order chi connectivity index (χ0) is 27.9. The maximum atomic E-state index is 13.2. The fraction of sp³-hybridized carbons (Fsp3) is 0.467. The Hall–Kier alpha value is -4.08. The van der Waals surface area contributed by atoms with Crippen molar-refractivity contribution in [2.45, 2.75) is 31.8 Å². The van der Waals surface area contributed by atoms with Crippen molar-refractivity contribution in [3.63, 3.8) is 0 Å². The number of amides is 4. The quantitative estimate of drug-likeness (QED) is 0.546. The van der Waals surface area contributed by atoms with Crippen LogP contribution in [0.4, 0.5) is 0 Å². The molecule has 2 N–H and O–H groups in total. The van der Waals surface area contributed by atoms with Gasteiger partial charge in [0.15, 0.2) is 11.5 Å². The molecule has 2 aliphatic heterocycles. The van der Waals surface area contributed by atoms with E-state index in [4.69, 9.17) is 9.47 Å². The van der Waals surface area contributed by atoms with Crippen LogP contribution in [0.5, 0.6) is 11.5 Å². The fourth-order valence-electron chi connectivity index (χ4n) is 5.54. The average Bonchev–Trinajstić information content (AvgIpc) is 3.02. The van der Waals surface area contributed by atoms with Gasteiger partial charge in [0.2, 0.25) is 17.9 Å². The van der Waals surface area contributed by atoms with E-state index >= 15 is 0 Å². The van der Waals surface area contributed by atoms with Gasteiger partial charge in [0, 0.05) is 44.2 Å². The molecule has 2 aromatic rings. The zero-order valence-corrected chi connectivity index (χ0v) is 22.6. The van der Waals surface area contributed by atoms with Crippen LogP contribution < -0.4 is 20.1 Å². The molecule has 1 saturated heterocycles. The third-order valence-electron chi connectivity index (χ3n) is 7.92. The highest BCUT2D eigenvalue weighted by Crippen LogP contribution is 2.32. The summed E-state index contributed by atoms with van der Waals surface area (Å²) in [4.78, 5) is 54.1. The minimum atomic E-state index is -0.673. The summed E-state index contributed by atoms with van der Waals surface area (Å²) in [5.41, 5.74) is 0.519. The van der Waals surface area contributed by atoms with Crippen molar-refractivity contribution in [1.29, 1.82) is 0 Å². The maximum absolute atomic E-state index is 13.2. The molecule has 4 amide bonds. The van der Waals surface area contributed by atoms with Crippen molar-refractivity contribution in [3.05, 3.63) is 60.2 Å². The van der Waals surface area contributed by atoms with Crippen molar-refractivity contribution < 1.29 is 28.7 Å². The van der Waals surface area contributed by atoms with E-state index in [-0.39, 0.29) is 42.7 Å². The molecule has 2 heterocycles. The predicted octanol–water partition coefficient (Wildman–Crippen LogP) is 1.85. The van der Waals surface area contributed by atoms with E-state index in [2.05, 4.69) is 10.6 Å². The number of benzene rings is 2. The summed E-state index contributed by atoms with van der Waals surface area (Å²) < 4.78 is 11.5. The van der Waals surface area contributed by atoms with Crippen molar-refractivity contribution in [3.8, 4) is 11.5 Å². The first-order chi connectivity index (χ1) is 19.5. The number of carbonyl (C=O) groups is 4. The van der Waals surface area contributed by atoms with Crippen molar-refractivity contribution >= 4 is 23.6 Å². The average molecular weight is 549 g/mol. The smallest absolute Gasteiger partial charge is 0.267 e. The third-order valence-corrected chi connectivity index (χ3v) is 7.92. The minimum absolute atomic E-state index is 0.0223. The fourth-order valence-corrected chi connectivity index (χ4v) is 5.54. The van der Waals surface area contributed by atoms with Crippen molar-refractivity contribution in [2.24, 2.45) is 11.8 Å². The molecule has 1 atom stereocenters. The molecule has 0 bridgehead atoms. The number of rotatable bonds is 7. The topological polar surface area (TPSA) is 117 Å². The second kappa shape index (κ2) is 12.8. The Kier molecular flexibility index (Phi) is 8.83. The lowest BCUT2D eigenvalue weighted by atomic mass is 9.81. The number of ether oxygens (including phenoxy) is 2. The van der Waals surface area contributed by atoms with Crippen molar-refractivity contribution in [1.82, 2.24) is 20.4 Å². The van der Waals surface area contributed by atoms with Gasteiger partial charge in [-0.25, -0.2) is 0 Å². The maximum Gasteiger partial charge on any atom is 0.267 e. The van der Waals surface area contributed by atoms with E-state index in [0.29, 0.717) is 55.7 Å². The summed E-state index contributed by atoms with van der Waals surface area (Å²) in [6.45, 7) is 2.64. The number of para-hydroxylation sites is 2. The van der Waals surface area contributed by atoms with E-state index < -0.39 is 6.10 Å². The first-order valence-electron chi connectivity index (χ1n) is 14.0. The SMILES string of the molecule is O=C(CNC(=O)c1ccccc1)NCC1CCC(C(=O)N2CCN(C(=O)[C@H]3COc4ccccc4O3)CC2)CC1. The van der Waals surface area contributed by atoms with Gasteiger partial charge in [0.25, 0.3) is 11.8 Å². The van der Waals surface area contributed by atoms with Crippen LogP contribution in [0.2, 0.25) is 0 Å². The van der Waals surface area contributed by atoms with Crippen LogP contribution in [0.3, 0.4) is 0 Å². The Morgan fingerprint density at radius 3 is 2.08 bits per heavy atom. The lowest BCUT2D eigenvalue weighted by Gasteiger charge is -2.39. The summed E-state index contributed by atoms with van der Waals surface area (Å²) in [7, 11) is 0. The summed E-state index contributed by atoms with van der Waals surface area (Å²) >= 11 is 0. The number of piperazine rings is 1. The molecule has 0 aromatic heterocycles. The first kappa shape index (κ1) is 27.5. The Labute approximate surface area is 234 Å². The molecule has 0 unspecified atom stereocenters. The van der Waals surface area contributed by atoms with Gasteiger partial charge in [-0.1, -0.05) is 30.3 Å².